The third-order valence-electron chi connectivity index (χ3n) is 3.43. The smallest absolute Gasteiger partial charge is 0.128 e. The minimum Gasteiger partial charge on any atom is -0.493 e. The Hall–Kier alpha value is -1.52. The standard InChI is InChI=1S/C16H25N3O/c1-19(2)10-8-13-12-18-14-6-5-7-15(16(13)14)20-11-4-3-9-17/h5-7,12,18H,3-4,8-11,17H2,1-2H3. The number of rotatable bonds is 8. The van der Waals surface area contributed by atoms with E-state index in [4.69, 9.17) is 10.5 Å². The lowest BCUT2D eigenvalue weighted by molar-refractivity contribution is 0.311. The molecule has 0 spiro atoms. The molecule has 0 unspecified atom stereocenters. The van der Waals surface area contributed by atoms with Crippen molar-refractivity contribution in [1.82, 2.24) is 9.88 Å². The molecule has 3 N–H and O–H groups in total. The maximum absolute atomic E-state index is 5.94. The van der Waals surface area contributed by atoms with Gasteiger partial charge in [-0.15, -0.1) is 0 Å². The molecule has 0 saturated heterocycles. The third-order valence-corrected chi connectivity index (χ3v) is 3.43. The number of likely N-dealkylation sites (N-methyl/N-ethyl adjacent to an activating group) is 1. The first kappa shape index (κ1) is 14.9. The molecule has 0 saturated carbocycles. The lowest BCUT2D eigenvalue weighted by atomic mass is 10.1. The summed E-state index contributed by atoms with van der Waals surface area (Å²) in [4.78, 5) is 5.53. The molecule has 20 heavy (non-hydrogen) atoms. The molecule has 0 radical (unpaired) electrons. The fourth-order valence-corrected chi connectivity index (χ4v) is 2.31. The van der Waals surface area contributed by atoms with Crippen LogP contribution in [-0.2, 0) is 6.42 Å². The molecular formula is C16H25N3O. The normalized spacial score (nSPS) is 11.4. The van der Waals surface area contributed by atoms with E-state index in [-0.39, 0.29) is 0 Å². The Balaban J connectivity index is 2.13. The van der Waals surface area contributed by atoms with Crippen LogP contribution < -0.4 is 10.5 Å². The molecule has 4 nitrogen and oxygen atoms in total. The van der Waals surface area contributed by atoms with Gasteiger partial charge in [0.2, 0.25) is 0 Å². The number of aromatic nitrogens is 1. The van der Waals surface area contributed by atoms with Crippen molar-refractivity contribution in [3.8, 4) is 5.75 Å². The summed E-state index contributed by atoms with van der Waals surface area (Å²) in [7, 11) is 4.19. The van der Waals surface area contributed by atoms with Crippen LogP contribution in [0, 0.1) is 0 Å². The lowest BCUT2D eigenvalue weighted by Crippen LogP contribution is -2.14. The number of fused-ring (bicyclic) bond motifs is 1. The Morgan fingerprint density at radius 1 is 1.25 bits per heavy atom. The number of benzene rings is 1. The van der Waals surface area contributed by atoms with Crippen molar-refractivity contribution in [3.63, 3.8) is 0 Å². The average Bonchev–Trinajstić information content (AvgIpc) is 2.85. The molecule has 2 aromatic rings. The Bertz CT molecular complexity index is 534. The van der Waals surface area contributed by atoms with Crippen LogP contribution in [0.5, 0.6) is 5.75 Å². The molecule has 0 bridgehead atoms. The fourth-order valence-electron chi connectivity index (χ4n) is 2.31. The van der Waals surface area contributed by atoms with Crippen molar-refractivity contribution in [2.75, 3.05) is 33.8 Å². The maximum atomic E-state index is 5.94. The van der Waals surface area contributed by atoms with E-state index in [1.165, 1.54) is 10.9 Å². The summed E-state index contributed by atoms with van der Waals surface area (Å²) in [5, 5.41) is 1.22. The number of H-pyrrole nitrogens is 1. The number of hydrogen-bond donors (Lipinski definition) is 2. The highest BCUT2D eigenvalue weighted by Gasteiger charge is 2.09. The largest absolute Gasteiger partial charge is 0.493 e. The van der Waals surface area contributed by atoms with Crippen LogP contribution in [0.15, 0.2) is 24.4 Å². The average molecular weight is 275 g/mol. The second-order valence-electron chi connectivity index (χ2n) is 5.39. The number of nitrogens with one attached hydrogen (secondary N) is 1. The first-order valence-electron chi connectivity index (χ1n) is 7.29. The molecule has 1 aromatic carbocycles. The Kier molecular flexibility index (Phi) is 5.44. The van der Waals surface area contributed by atoms with Crippen LogP contribution in [0.3, 0.4) is 0 Å². The molecule has 4 heteroatoms. The number of ether oxygens (including phenoxy) is 1. The van der Waals surface area contributed by atoms with E-state index in [2.05, 4.69) is 42.3 Å². The molecule has 1 aromatic heterocycles. The monoisotopic (exact) mass is 275 g/mol. The number of aromatic amines is 1. The molecule has 1 heterocycles. The molecule has 0 atom stereocenters. The summed E-state index contributed by atoms with van der Waals surface area (Å²) >= 11 is 0. The van der Waals surface area contributed by atoms with Crippen molar-refractivity contribution in [2.24, 2.45) is 5.73 Å². The van der Waals surface area contributed by atoms with Gasteiger partial charge in [0.05, 0.1) is 6.61 Å². The van der Waals surface area contributed by atoms with Crippen molar-refractivity contribution in [3.05, 3.63) is 30.0 Å². The van der Waals surface area contributed by atoms with E-state index in [1.807, 2.05) is 6.07 Å². The number of hydrogen-bond acceptors (Lipinski definition) is 3. The third kappa shape index (κ3) is 3.74. The predicted molar refractivity (Wildman–Crippen MR) is 84.3 cm³/mol. The van der Waals surface area contributed by atoms with Gasteiger partial charge in [-0.05, 0) is 57.6 Å². The quantitative estimate of drug-likeness (QED) is 0.727. The van der Waals surface area contributed by atoms with Gasteiger partial charge in [-0.25, -0.2) is 0 Å². The molecule has 0 fully saturated rings. The molecule has 110 valence electrons. The Labute approximate surface area is 120 Å². The molecular weight excluding hydrogens is 250 g/mol. The van der Waals surface area contributed by atoms with Crippen molar-refractivity contribution >= 4 is 10.9 Å². The molecule has 0 aliphatic carbocycles. The summed E-state index contributed by atoms with van der Waals surface area (Å²) in [5.41, 5.74) is 7.98. The van der Waals surface area contributed by atoms with E-state index in [1.54, 1.807) is 0 Å². The zero-order valence-corrected chi connectivity index (χ0v) is 12.5. The van der Waals surface area contributed by atoms with Crippen LogP contribution in [0.25, 0.3) is 10.9 Å². The van der Waals surface area contributed by atoms with E-state index in [0.717, 1.165) is 50.2 Å². The van der Waals surface area contributed by atoms with Gasteiger partial charge < -0.3 is 20.4 Å². The summed E-state index contributed by atoms with van der Waals surface area (Å²) < 4.78 is 5.94. The highest BCUT2D eigenvalue weighted by atomic mass is 16.5. The summed E-state index contributed by atoms with van der Waals surface area (Å²) in [6.45, 7) is 2.49. The first-order chi connectivity index (χ1) is 9.72. The lowest BCUT2D eigenvalue weighted by Gasteiger charge is -2.11. The molecule has 0 aliphatic heterocycles. The Morgan fingerprint density at radius 3 is 2.85 bits per heavy atom. The second-order valence-corrected chi connectivity index (χ2v) is 5.39. The highest BCUT2D eigenvalue weighted by Crippen LogP contribution is 2.29. The van der Waals surface area contributed by atoms with E-state index >= 15 is 0 Å². The summed E-state index contributed by atoms with van der Waals surface area (Å²) in [5.74, 6) is 0.981. The van der Waals surface area contributed by atoms with Crippen LogP contribution in [-0.4, -0.2) is 43.7 Å². The zero-order valence-electron chi connectivity index (χ0n) is 12.5. The molecule has 2 rings (SSSR count). The fraction of sp³-hybridized carbons (Fsp3) is 0.500. The van der Waals surface area contributed by atoms with E-state index < -0.39 is 0 Å². The minimum absolute atomic E-state index is 0.728. The summed E-state index contributed by atoms with van der Waals surface area (Å²) in [6.07, 6.45) is 5.14. The number of unbranched alkanes of at least 4 members (excludes halogenated alkanes) is 1. The molecule has 0 aliphatic rings. The van der Waals surface area contributed by atoms with Gasteiger partial charge in [-0.1, -0.05) is 6.07 Å². The highest BCUT2D eigenvalue weighted by molar-refractivity contribution is 5.89. The second kappa shape index (κ2) is 7.31. The first-order valence-corrected chi connectivity index (χ1v) is 7.29. The summed E-state index contributed by atoms with van der Waals surface area (Å²) in [6, 6.07) is 6.19. The van der Waals surface area contributed by atoms with Crippen molar-refractivity contribution < 1.29 is 4.74 Å². The van der Waals surface area contributed by atoms with Crippen molar-refractivity contribution in [2.45, 2.75) is 19.3 Å². The van der Waals surface area contributed by atoms with Gasteiger partial charge in [0, 0.05) is 23.6 Å². The van der Waals surface area contributed by atoms with Crippen molar-refractivity contribution in [1.29, 1.82) is 0 Å². The van der Waals surface area contributed by atoms with Crippen LogP contribution in [0.2, 0.25) is 0 Å². The van der Waals surface area contributed by atoms with Crippen LogP contribution in [0.4, 0.5) is 0 Å². The van der Waals surface area contributed by atoms with Gasteiger partial charge in [-0.2, -0.15) is 0 Å². The van der Waals surface area contributed by atoms with Crippen LogP contribution in [0.1, 0.15) is 18.4 Å². The van der Waals surface area contributed by atoms with Gasteiger partial charge in [-0.3, -0.25) is 0 Å². The number of nitrogens with two attached hydrogens (primary N) is 1. The Morgan fingerprint density at radius 2 is 2.10 bits per heavy atom. The van der Waals surface area contributed by atoms with Gasteiger partial charge in [0.15, 0.2) is 0 Å². The predicted octanol–water partition coefficient (Wildman–Crippen LogP) is 2.39. The van der Waals surface area contributed by atoms with E-state index in [0.29, 0.717) is 0 Å². The SMILES string of the molecule is CN(C)CCc1c[nH]c2cccc(OCCCCN)c12. The van der Waals surface area contributed by atoms with Gasteiger partial charge in [0.1, 0.15) is 5.75 Å². The van der Waals surface area contributed by atoms with Gasteiger partial charge >= 0.3 is 0 Å². The number of nitrogens with zero attached hydrogens (tertiary/aromatic N) is 1. The van der Waals surface area contributed by atoms with E-state index in [9.17, 15) is 0 Å². The zero-order chi connectivity index (χ0) is 14.4. The molecule has 0 amide bonds. The maximum Gasteiger partial charge on any atom is 0.128 e. The van der Waals surface area contributed by atoms with Gasteiger partial charge in [0.25, 0.3) is 0 Å². The topological polar surface area (TPSA) is 54.3 Å². The van der Waals surface area contributed by atoms with Crippen LogP contribution >= 0.6 is 0 Å². The minimum atomic E-state index is 0.728.